The summed E-state index contributed by atoms with van der Waals surface area (Å²) in [5, 5.41) is 2.81. The summed E-state index contributed by atoms with van der Waals surface area (Å²) in [6.07, 6.45) is 5.94. The number of ether oxygens (including phenoxy) is 1. The second-order valence-electron chi connectivity index (χ2n) is 17.7. The first-order valence-electron chi connectivity index (χ1n) is 22.8. The van der Waals surface area contributed by atoms with Crippen molar-refractivity contribution in [3.8, 4) is 22.3 Å². The van der Waals surface area contributed by atoms with E-state index >= 15 is 0 Å². The number of hydrogen-bond acceptors (Lipinski definition) is 7. The van der Waals surface area contributed by atoms with Gasteiger partial charge in [0.25, 0.3) is 0 Å². The highest BCUT2D eigenvalue weighted by Crippen LogP contribution is 2.35. The predicted octanol–water partition coefficient (Wildman–Crippen LogP) is 10.4. The van der Waals surface area contributed by atoms with E-state index in [0.717, 1.165) is 64.6 Å². The molecule has 334 valence electrons. The van der Waals surface area contributed by atoms with Gasteiger partial charge in [-0.1, -0.05) is 126 Å². The molecule has 4 aromatic carbocycles. The molecule has 0 radical (unpaired) electrons. The number of methoxy groups -OCH3 is 1. The van der Waals surface area contributed by atoms with Crippen molar-refractivity contribution in [2.24, 2.45) is 17.8 Å². The lowest BCUT2D eigenvalue weighted by atomic mass is 9.86. The number of unbranched alkanes of at least 4 members (excludes halogenated alkanes) is 2. The number of nitrogens with zero attached hydrogens (tertiary/aromatic N) is 1. The maximum atomic E-state index is 14.7. The Hall–Kier alpha value is -5.70. The third-order valence-corrected chi connectivity index (χ3v) is 12.8. The van der Waals surface area contributed by atoms with Crippen molar-refractivity contribution >= 4 is 35.1 Å². The molecule has 0 aliphatic carbocycles. The van der Waals surface area contributed by atoms with E-state index in [-0.39, 0.29) is 48.9 Å². The average Bonchev–Trinajstić information content (AvgIpc) is 3.28. The molecule has 0 spiro atoms. The first-order valence-corrected chi connectivity index (χ1v) is 22.8. The van der Waals surface area contributed by atoms with Crippen molar-refractivity contribution in [1.82, 2.24) is 10.2 Å². The molecule has 0 fully saturated rings. The van der Waals surface area contributed by atoms with E-state index in [1.807, 2.05) is 88.4 Å². The van der Waals surface area contributed by atoms with E-state index in [1.165, 1.54) is 17.6 Å². The van der Waals surface area contributed by atoms with Crippen molar-refractivity contribution in [3.05, 3.63) is 118 Å². The van der Waals surface area contributed by atoms with Crippen LogP contribution in [0.4, 0.5) is 0 Å². The van der Waals surface area contributed by atoms with Crippen LogP contribution < -0.4 is 5.32 Å². The number of ketones is 3. The van der Waals surface area contributed by atoms with Crippen molar-refractivity contribution in [3.63, 3.8) is 0 Å². The summed E-state index contributed by atoms with van der Waals surface area (Å²) in [5.74, 6) is -3.80. The molecule has 1 heterocycles. The van der Waals surface area contributed by atoms with Gasteiger partial charge in [-0.2, -0.15) is 0 Å². The average molecular weight is 855 g/mol. The van der Waals surface area contributed by atoms with Gasteiger partial charge in [0.1, 0.15) is 17.9 Å². The van der Waals surface area contributed by atoms with Crippen molar-refractivity contribution < 1.29 is 33.5 Å². The number of benzene rings is 4. The van der Waals surface area contributed by atoms with Gasteiger partial charge in [-0.3, -0.25) is 24.0 Å². The molecular formula is C54H66N2O7. The fourth-order valence-corrected chi connectivity index (χ4v) is 8.57. The van der Waals surface area contributed by atoms with E-state index in [2.05, 4.69) is 36.5 Å². The van der Waals surface area contributed by atoms with Crippen molar-refractivity contribution in [2.45, 2.75) is 124 Å². The number of rotatable bonds is 17. The second kappa shape index (κ2) is 22.6. The van der Waals surface area contributed by atoms with E-state index in [9.17, 15) is 28.8 Å². The van der Waals surface area contributed by atoms with Crippen LogP contribution in [0.3, 0.4) is 0 Å². The summed E-state index contributed by atoms with van der Waals surface area (Å²) in [7, 11) is 2.88. The van der Waals surface area contributed by atoms with Crippen LogP contribution in [0.15, 0.2) is 84.9 Å². The molecule has 1 N–H and O–H groups in total. The molecule has 5 atom stereocenters. The molecule has 0 saturated heterocycles. The standard InChI is InChI=1S/C54H66N2O7/c1-9-11-13-38-19-22-40(23-20-38)41-24-26-42(27-25-41)48(57)28-17-36(5)49(58)33-44(14-12-10-2)53(61)56(7)51-43-21-16-35(4)46(32-43)45-30-39(18-15-34(45)3)31-47(54(62)63-8)55-52(60)37(6)29-50(51)59/h15-16,18-27,30,32,36-37,44,47,51H,9-14,17,28-29,31,33H2,1-8H3,(H,55,60)/t36?,37-,44-,47+,51+/m1/s1. The van der Waals surface area contributed by atoms with E-state index in [1.54, 1.807) is 14.0 Å². The van der Waals surface area contributed by atoms with E-state index in [4.69, 9.17) is 4.74 Å². The highest BCUT2D eigenvalue weighted by molar-refractivity contribution is 5.98. The molecule has 2 amide bonds. The molecular weight excluding hydrogens is 789 g/mol. The maximum absolute atomic E-state index is 14.7. The Balaban J connectivity index is 1.34. The van der Waals surface area contributed by atoms with Gasteiger partial charge in [0, 0.05) is 56.0 Å². The number of fused-ring (bicyclic) bond motifs is 5. The molecule has 63 heavy (non-hydrogen) atoms. The molecule has 1 aliphatic heterocycles. The van der Waals surface area contributed by atoms with Crippen LogP contribution >= 0.6 is 0 Å². The SMILES string of the molecule is CCCCc1ccc(-c2ccc(C(=O)CCC(C)C(=O)C[C@@H](CCCC)C(=O)N(C)[C@@H]3C(=O)C[C@@H](C)C(=O)N[C@H](C(=O)OC)Cc4ccc(C)c(c4)-c4cc3ccc4C)cc2)cc1. The number of amides is 2. The molecule has 9 nitrogen and oxygen atoms in total. The lowest BCUT2D eigenvalue weighted by Crippen LogP contribution is -2.46. The minimum absolute atomic E-state index is 0.00969. The summed E-state index contributed by atoms with van der Waals surface area (Å²) in [6.45, 7) is 11.7. The monoisotopic (exact) mass is 854 g/mol. The normalized spacial score (nSPS) is 17.5. The zero-order valence-corrected chi connectivity index (χ0v) is 38.6. The quantitative estimate of drug-likeness (QED) is 0.0828. The molecule has 9 heteroatoms. The predicted molar refractivity (Wildman–Crippen MR) is 249 cm³/mol. The summed E-state index contributed by atoms with van der Waals surface area (Å²) >= 11 is 0. The van der Waals surface area contributed by atoms with Gasteiger partial charge in [0.2, 0.25) is 11.8 Å². The molecule has 5 rings (SSSR count). The van der Waals surface area contributed by atoms with Crippen LogP contribution in [0.1, 0.15) is 130 Å². The fourth-order valence-electron chi connectivity index (χ4n) is 8.57. The number of likely N-dealkylation sites (N-methyl/N-ethyl adjacent to an activating group) is 1. The first-order chi connectivity index (χ1) is 30.1. The van der Waals surface area contributed by atoms with E-state index in [0.29, 0.717) is 30.4 Å². The van der Waals surface area contributed by atoms with E-state index < -0.39 is 41.7 Å². The maximum Gasteiger partial charge on any atom is 0.328 e. The van der Waals surface area contributed by atoms with Gasteiger partial charge in [0.05, 0.1) is 7.11 Å². The van der Waals surface area contributed by atoms with Gasteiger partial charge in [-0.05, 0) is 95.7 Å². The molecule has 4 bridgehead atoms. The molecule has 1 unspecified atom stereocenters. The van der Waals surface area contributed by atoms with Crippen molar-refractivity contribution in [1.29, 1.82) is 0 Å². The Bertz CT molecular complexity index is 2260. The fraction of sp³-hybridized carbons (Fsp3) is 0.444. The largest absolute Gasteiger partial charge is 0.467 e. The number of hydrogen-bond donors (Lipinski definition) is 1. The smallest absolute Gasteiger partial charge is 0.328 e. The zero-order chi connectivity index (χ0) is 45.8. The number of aryl methyl sites for hydroxylation is 3. The van der Waals surface area contributed by atoms with Gasteiger partial charge >= 0.3 is 5.97 Å². The molecule has 4 aromatic rings. The Labute approximate surface area is 374 Å². The number of carbonyl (C=O) groups is 6. The summed E-state index contributed by atoms with van der Waals surface area (Å²) in [5.41, 5.74) is 9.24. The van der Waals surface area contributed by atoms with Crippen LogP contribution in [0.2, 0.25) is 0 Å². The Morgan fingerprint density at radius 1 is 0.794 bits per heavy atom. The highest BCUT2D eigenvalue weighted by Gasteiger charge is 2.36. The number of Topliss-reactive ketones (excluding diaryl/α,β-unsaturated/α-hetero) is 3. The lowest BCUT2D eigenvalue weighted by Gasteiger charge is -2.32. The van der Waals surface area contributed by atoms with Crippen molar-refractivity contribution in [2.75, 3.05) is 14.2 Å². The number of carbonyl (C=O) groups excluding carboxylic acids is 6. The number of esters is 1. The minimum atomic E-state index is -1.04. The van der Waals surface area contributed by atoms with Crippen LogP contribution in [-0.4, -0.2) is 60.2 Å². The minimum Gasteiger partial charge on any atom is -0.467 e. The van der Waals surface area contributed by atoms with Crippen LogP contribution in [-0.2, 0) is 41.6 Å². The third-order valence-electron chi connectivity index (χ3n) is 12.8. The summed E-state index contributed by atoms with van der Waals surface area (Å²) in [6, 6.07) is 25.8. The lowest BCUT2D eigenvalue weighted by molar-refractivity contribution is -0.146. The van der Waals surface area contributed by atoms with Crippen LogP contribution in [0, 0.1) is 31.6 Å². The van der Waals surface area contributed by atoms with Gasteiger partial charge in [-0.25, -0.2) is 4.79 Å². The Morgan fingerprint density at radius 3 is 2.05 bits per heavy atom. The molecule has 1 aliphatic rings. The topological polar surface area (TPSA) is 127 Å². The highest BCUT2D eigenvalue weighted by atomic mass is 16.5. The molecule has 0 saturated carbocycles. The van der Waals surface area contributed by atoms with Crippen LogP contribution in [0.5, 0.6) is 0 Å². The third kappa shape index (κ3) is 12.5. The summed E-state index contributed by atoms with van der Waals surface area (Å²) < 4.78 is 5.05. The van der Waals surface area contributed by atoms with Gasteiger partial charge in [-0.15, -0.1) is 0 Å². The van der Waals surface area contributed by atoms with Crippen LogP contribution in [0.25, 0.3) is 22.3 Å². The van der Waals surface area contributed by atoms with Gasteiger partial charge in [0.15, 0.2) is 11.6 Å². The summed E-state index contributed by atoms with van der Waals surface area (Å²) in [4.78, 5) is 84.2. The van der Waals surface area contributed by atoms with Gasteiger partial charge < -0.3 is 15.0 Å². The number of nitrogens with one attached hydrogen (secondary N) is 1. The Kier molecular flexibility index (Phi) is 17.3. The zero-order valence-electron chi connectivity index (χ0n) is 38.6. The Morgan fingerprint density at radius 2 is 1.41 bits per heavy atom. The molecule has 0 aromatic heterocycles. The second-order valence-corrected chi connectivity index (χ2v) is 17.7. The first kappa shape index (κ1) is 48.3.